The standard InChI is InChI=1S/C19H15N3O3S/c1-25-18-10-9-14(12-21-18)17-13-22(19-16(17)8-5-11-20-19)26(23,24)15-6-3-2-4-7-15/h2-13H,1H3. The Hall–Kier alpha value is -3.19. The van der Waals surface area contributed by atoms with Gasteiger partial charge < -0.3 is 4.74 Å². The van der Waals surface area contributed by atoms with Crippen LogP contribution in [0, 0.1) is 0 Å². The van der Waals surface area contributed by atoms with Crippen LogP contribution < -0.4 is 4.74 Å². The number of aromatic nitrogens is 3. The van der Waals surface area contributed by atoms with Crippen molar-refractivity contribution < 1.29 is 13.2 Å². The summed E-state index contributed by atoms with van der Waals surface area (Å²) in [5, 5.41) is 0.735. The third-order valence-corrected chi connectivity index (χ3v) is 5.75. The fourth-order valence-electron chi connectivity index (χ4n) is 2.81. The summed E-state index contributed by atoms with van der Waals surface area (Å²) in [6.45, 7) is 0. The van der Waals surface area contributed by atoms with Gasteiger partial charge in [-0.25, -0.2) is 22.4 Å². The molecule has 0 saturated heterocycles. The highest BCUT2D eigenvalue weighted by atomic mass is 32.2. The number of pyridine rings is 2. The summed E-state index contributed by atoms with van der Waals surface area (Å²) in [5.41, 5.74) is 1.90. The normalized spacial score (nSPS) is 11.6. The minimum atomic E-state index is -3.76. The van der Waals surface area contributed by atoms with Crippen molar-refractivity contribution in [3.05, 3.63) is 73.2 Å². The lowest BCUT2D eigenvalue weighted by atomic mass is 10.1. The molecule has 0 N–H and O–H groups in total. The van der Waals surface area contributed by atoms with Gasteiger partial charge in [-0.2, -0.15) is 0 Å². The smallest absolute Gasteiger partial charge is 0.269 e. The van der Waals surface area contributed by atoms with E-state index in [0.717, 1.165) is 16.5 Å². The van der Waals surface area contributed by atoms with Crippen molar-refractivity contribution in [2.75, 3.05) is 7.11 Å². The molecule has 26 heavy (non-hydrogen) atoms. The largest absolute Gasteiger partial charge is 0.481 e. The fraction of sp³-hybridized carbons (Fsp3) is 0.0526. The molecule has 6 nitrogen and oxygen atoms in total. The van der Waals surface area contributed by atoms with Crippen LogP contribution in [0.2, 0.25) is 0 Å². The van der Waals surface area contributed by atoms with Crippen LogP contribution in [0.15, 0.2) is 78.1 Å². The molecule has 0 unspecified atom stereocenters. The molecule has 0 fully saturated rings. The molecule has 130 valence electrons. The summed E-state index contributed by atoms with van der Waals surface area (Å²) in [4.78, 5) is 8.71. The highest BCUT2D eigenvalue weighted by molar-refractivity contribution is 7.90. The van der Waals surface area contributed by atoms with Crippen LogP contribution in [0.5, 0.6) is 5.88 Å². The van der Waals surface area contributed by atoms with Crippen molar-refractivity contribution in [2.24, 2.45) is 0 Å². The minimum Gasteiger partial charge on any atom is -0.481 e. The van der Waals surface area contributed by atoms with Crippen molar-refractivity contribution in [1.82, 2.24) is 13.9 Å². The second kappa shape index (κ2) is 6.27. The number of ether oxygens (including phenoxy) is 1. The van der Waals surface area contributed by atoms with Gasteiger partial charge in [0.1, 0.15) is 0 Å². The predicted molar refractivity (Wildman–Crippen MR) is 98.5 cm³/mol. The van der Waals surface area contributed by atoms with Crippen LogP contribution in [0.25, 0.3) is 22.2 Å². The monoisotopic (exact) mass is 365 g/mol. The van der Waals surface area contributed by atoms with E-state index in [4.69, 9.17) is 4.74 Å². The van der Waals surface area contributed by atoms with Crippen LogP contribution in [-0.4, -0.2) is 29.5 Å². The van der Waals surface area contributed by atoms with Gasteiger partial charge in [0.2, 0.25) is 5.88 Å². The van der Waals surface area contributed by atoms with Crippen molar-refractivity contribution in [1.29, 1.82) is 0 Å². The van der Waals surface area contributed by atoms with Gasteiger partial charge in [0, 0.05) is 41.2 Å². The average Bonchev–Trinajstić information content (AvgIpc) is 3.09. The first-order valence-electron chi connectivity index (χ1n) is 7.88. The SMILES string of the molecule is COc1ccc(-c2cn(S(=O)(=O)c3ccccc3)c3ncccc23)cn1. The topological polar surface area (TPSA) is 74.1 Å². The molecule has 7 heteroatoms. The zero-order valence-corrected chi connectivity index (χ0v) is 14.7. The Bertz CT molecular complexity index is 1170. The molecule has 0 spiro atoms. The van der Waals surface area contributed by atoms with E-state index in [1.165, 1.54) is 3.97 Å². The fourth-order valence-corrected chi connectivity index (χ4v) is 4.16. The van der Waals surface area contributed by atoms with Gasteiger partial charge in [-0.1, -0.05) is 18.2 Å². The van der Waals surface area contributed by atoms with Gasteiger partial charge in [0.15, 0.2) is 5.65 Å². The Morgan fingerprint density at radius 1 is 0.962 bits per heavy atom. The number of hydrogen-bond donors (Lipinski definition) is 0. The Balaban J connectivity index is 1.95. The van der Waals surface area contributed by atoms with E-state index in [2.05, 4.69) is 9.97 Å². The van der Waals surface area contributed by atoms with Crippen molar-refractivity contribution in [3.63, 3.8) is 0 Å². The Morgan fingerprint density at radius 2 is 1.77 bits per heavy atom. The second-order valence-corrected chi connectivity index (χ2v) is 7.44. The summed E-state index contributed by atoms with van der Waals surface area (Å²) in [7, 11) is -2.21. The summed E-state index contributed by atoms with van der Waals surface area (Å²) in [6.07, 6.45) is 4.82. The van der Waals surface area contributed by atoms with E-state index < -0.39 is 10.0 Å². The predicted octanol–water partition coefficient (Wildman–Crippen LogP) is 3.34. The molecule has 3 heterocycles. The summed E-state index contributed by atoms with van der Waals surface area (Å²) < 4.78 is 32.5. The van der Waals surface area contributed by atoms with E-state index >= 15 is 0 Å². The Morgan fingerprint density at radius 3 is 2.46 bits per heavy atom. The molecular weight excluding hydrogens is 350 g/mol. The first-order chi connectivity index (χ1) is 12.6. The molecule has 4 aromatic rings. The number of rotatable bonds is 4. The van der Waals surface area contributed by atoms with Crippen LogP contribution in [0.4, 0.5) is 0 Å². The summed E-state index contributed by atoms with van der Waals surface area (Å²) >= 11 is 0. The second-order valence-electron chi connectivity index (χ2n) is 5.62. The van der Waals surface area contributed by atoms with Gasteiger partial charge in [-0.15, -0.1) is 0 Å². The Labute approximate surface area is 150 Å². The van der Waals surface area contributed by atoms with Gasteiger partial charge in [0.25, 0.3) is 10.0 Å². The third kappa shape index (κ3) is 2.62. The maximum Gasteiger partial charge on any atom is 0.269 e. The quantitative estimate of drug-likeness (QED) is 0.554. The molecule has 0 aliphatic rings. The first kappa shape index (κ1) is 16.3. The number of nitrogens with zero attached hydrogens (tertiary/aromatic N) is 3. The first-order valence-corrected chi connectivity index (χ1v) is 9.32. The molecular formula is C19H15N3O3S. The van der Waals surface area contributed by atoms with E-state index in [1.807, 2.05) is 12.1 Å². The van der Waals surface area contributed by atoms with Gasteiger partial charge in [0.05, 0.1) is 12.0 Å². The zero-order chi connectivity index (χ0) is 18.1. The van der Waals surface area contributed by atoms with Gasteiger partial charge >= 0.3 is 0 Å². The highest BCUT2D eigenvalue weighted by Gasteiger charge is 2.22. The molecule has 0 atom stereocenters. The zero-order valence-electron chi connectivity index (χ0n) is 13.9. The van der Waals surface area contributed by atoms with Crippen molar-refractivity contribution in [2.45, 2.75) is 4.90 Å². The van der Waals surface area contributed by atoms with Crippen LogP contribution in [0.1, 0.15) is 0 Å². The maximum atomic E-state index is 13.1. The van der Waals surface area contributed by atoms with Crippen molar-refractivity contribution in [3.8, 4) is 17.0 Å². The molecule has 0 amide bonds. The van der Waals surface area contributed by atoms with Crippen LogP contribution in [0.3, 0.4) is 0 Å². The Kier molecular flexibility index (Phi) is 3.93. The lowest BCUT2D eigenvalue weighted by molar-refractivity contribution is 0.398. The van der Waals surface area contributed by atoms with E-state index in [-0.39, 0.29) is 4.90 Å². The number of hydrogen-bond acceptors (Lipinski definition) is 5. The van der Waals surface area contributed by atoms with Crippen LogP contribution >= 0.6 is 0 Å². The molecule has 0 saturated carbocycles. The maximum absolute atomic E-state index is 13.1. The number of methoxy groups -OCH3 is 1. The van der Waals surface area contributed by atoms with Crippen molar-refractivity contribution >= 4 is 21.1 Å². The van der Waals surface area contributed by atoms with Gasteiger partial charge in [-0.05, 0) is 30.3 Å². The highest BCUT2D eigenvalue weighted by Crippen LogP contribution is 2.32. The van der Waals surface area contributed by atoms with Crippen LogP contribution in [-0.2, 0) is 10.0 Å². The molecule has 4 rings (SSSR count). The molecule has 3 aromatic heterocycles. The molecule has 0 aliphatic heterocycles. The number of fused-ring (bicyclic) bond motifs is 1. The number of benzene rings is 1. The average molecular weight is 365 g/mol. The lowest BCUT2D eigenvalue weighted by Gasteiger charge is -2.06. The van der Waals surface area contributed by atoms with E-state index in [1.54, 1.807) is 68.2 Å². The minimum absolute atomic E-state index is 0.210. The molecule has 1 aromatic carbocycles. The van der Waals surface area contributed by atoms with Gasteiger partial charge in [-0.3, -0.25) is 0 Å². The summed E-state index contributed by atoms with van der Waals surface area (Å²) in [6, 6.07) is 15.5. The van der Waals surface area contributed by atoms with E-state index in [9.17, 15) is 8.42 Å². The molecule has 0 radical (unpaired) electrons. The lowest BCUT2D eigenvalue weighted by Crippen LogP contribution is -2.12. The summed E-state index contributed by atoms with van der Waals surface area (Å²) in [5.74, 6) is 0.493. The van der Waals surface area contributed by atoms with E-state index in [0.29, 0.717) is 11.5 Å². The third-order valence-electron chi connectivity index (χ3n) is 4.09. The molecule has 0 aliphatic carbocycles. The molecule has 0 bridgehead atoms.